The molecular formula is C21H20FN3O3. The molecule has 0 unspecified atom stereocenters. The summed E-state index contributed by atoms with van der Waals surface area (Å²) < 4.78 is 26.2. The van der Waals surface area contributed by atoms with Crippen molar-refractivity contribution in [1.29, 1.82) is 0 Å². The van der Waals surface area contributed by atoms with Crippen molar-refractivity contribution in [3.8, 4) is 17.2 Å². The Morgan fingerprint density at radius 2 is 2.00 bits per heavy atom. The summed E-state index contributed by atoms with van der Waals surface area (Å²) in [5.41, 5.74) is 2.41. The number of nitrogens with zero attached hydrogens (tertiary/aromatic N) is 2. The highest BCUT2D eigenvalue weighted by Gasteiger charge is 2.33. The Kier molecular flexibility index (Phi) is 4.73. The zero-order valence-electron chi connectivity index (χ0n) is 15.6. The number of ether oxygens (including phenoxy) is 2. The number of halogens is 1. The molecule has 0 spiro atoms. The lowest BCUT2D eigenvalue weighted by molar-refractivity contribution is -0.116. The molecule has 4 rings (SSSR count). The summed E-state index contributed by atoms with van der Waals surface area (Å²) in [5, 5.41) is 7.33. The SMILES string of the molecule is CCOc1c(OC)cccc1[C@H]1CC(=O)Nc2c1cnn2-c1ccc(F)cc1. The van der Waals surface area contributed by atoms with E-state index in [0.29, 0.717) is 29.6 Å². The molecule has 0 saturated heterocycles. The van der Waals surface area contributed by atoms with Crippen molar-refractivity contribution in [2.45, 2.75) is 19.3 Å². The molecule has 6 nitrogen and oxygen atoms in total. The quantitative estimate of drug-likeness (QED) is 0.728. The summed E-state index contributed by atoms with van der Waals surface area (Å²) in [6.45, 7) is 2.38. The third-order valence-electron chi connectivity index (χ3n) is 4.78. The second kappa shape index (κ2) is 7.34. The van der Waals surface area contributed by atoms with Gasteiger partial charge in [0.25, 0.3) is 0 Å². The number of amides is 1. The zero-order valence-corrected chi connectivity index (χ0v) is 15.6. The fraction of sp³-hybridized carbons (Fsp3) is 0.238. The van der Waals surface area contributed by atoms with E-state index in [9.17, 15) is 9.18 Å². The van der Waals surface area contributed by atoms with Crippen molar-refractivity contribution >= 4 is 11.7 Å². The Morgan fingerprint density at radius 1 is 1.21 bits per heavy atom. The summed E-state index contributed by atoms with van der Waals surface area (Å²) in [6.07, 6.45) is 2.01. The third kappa shape index (κ3) is 3.09. The molecule has 1 amide bonds. The third-order valence-corrected chi connectivity index (χ3v) is 4.78. The van der Waals surface area contributed by atoms with Gasteiger partial charge in [-0.2, -0.15) is 5.10 Å². The van der Waals surface area contributed by atoms with E-state index in [1.807, 2.05) is 25.1 Å². The second-order valence-electron chi connectivity index (χ2n) is 6.45. The molecule has 0 radical (unpaired) electrons. The molecule has 0 fully saturated rings. The van der Waals surface area contributed by atoms with Crippen molar-refractivity contribution < 1.29 is 18.7 Å². The molecule has 3 aromatic rings. The Balaban J connectivity index is 1.83. The molecule has 144 valence electrons. The van der Waals surface area contributed by atoms with Gasteiger partial charge in [0.1, 0.15) is 11.6 Å². The smallest absolute Gasteiger partial charge is 0.226 e. The first-order chi connectivity index (χ1) is 13.6. The molecule has 0 saturated carbocycles. The van der Waals surface area contributed by atoms with Crippen LogP contribution < -0.4 is 14.8 Å². The monoisotopic (exact) mass is 381 g/mol. The fourth-order valence-electron chi connectivity index (χ4n) is 3.54. The first-order valence-corrected chi connectivity index (χ1v) is 9.05. The van der Waals surface area contributed by atoms with Gasteiger partial charge in [-0.3, -0.25) is 4.79 Å². The van der Waals surface area contributed by atoms with E-state index in [2.05, 4.69) is 10.4 Å². The van der Waals surface area contributed by atoms with E-state index >= 15 is 0 Å². The van der Waals surface area contributed by atoms with Gasteiger partial charge in [0.2, 0.25) is 5.91 Å². The predicted octanol–water partition coefficient (Wildman–Crippen LogP) is 3.89. The molecule has 2 aromatic carbocycles. The number of carbonyl (C=O) groups excluding carboxylic acids is 1. The largest absolute Gasteiger partial charge is 0.493 e. The van der Waals surface area contributed by atoms with Gasteiger partial charge in [-0.05, 0) is 37.3 Å². The Labute approximate surface area is 161 Å². The number of nitrogens with one attached hydrogen (secondary N) is 1. The molecular weight excluding hydrogens is 361 g/mol. The van der Waals surface area contributed by atoms with Gasteiger partial charge >= 0.3 is 0 Å². The normalized spacial score (nSPS) is 15.7. The van der Waals surface area contributed by atoms with Crippen molar-refractivity contribution in [1.82, 2.24) is 9.78 Å². The minimum Gasteiger partial charge on any atom is -0.493 e. The van der Waals surface area contributed by atoms with Crippen LogP contribution in [0, 0.1) is 5.82 Å². The van der Waals surface area contributed by atoms with Gasteiger partial charge < -0.3 is 14.8 Å². The van der Waals surface area contributed by atoms with Crippen molar-refractivity contribution in [2.75, 3.05) is 19.0 Å². The van der Waals surface area contributed by atoms with E-state index < -0.39 is 0 Å². The molecule has 2 heterocycles. The Morgan fingerprint density at radius 3 is 2.71 bits per heavy atom. The van der Waals surface area contributed by atoms with Crippen molar-refractivity contribution in [2.24, 2.45) is 0 Å². The molecule has 7 heteroatoms. The molecule has 1 aliphatic rings. The van der Waals surface area contributed by atoms with E-state index in [1.165, 1.54) is 12.1 Å². The van der Waals surface area contributed by atoms with E-state index in [-0.39, 0.29) is 24.1 Å². The number of para-hydroxylation sites is 1. The Bertz CT molecular complexity index is 1010. The lowest BCUT2D eigenvalue weighted by Crippen LogP contribution is -2.25. The van der Waals surface area contributed by atoms with Gasteiger partial charge in [0.05, 0.1) is 25.6 Å². The summed E-state index contributed by atoms with van der Waals surface area (Å²) in [4.78, 5) is 12.5. The van der Waals surface area contributed by atoms with Gasteiger partial charge in [0, 0.05) is 23.5 Å². The average molecular weight is 381 g/mol. The highest BCUT2D eigenvalue weighted by molar-refractivity contribution is 5.94. The fourth-order valence-corrected chi connectivity index (χ4v) is 3.54. The summed E-state index contributed by atoms with van der Waals surface area (Å²) >= 11 is 0. The molecule has 1 aromatic heterocycles. The lowest BCUT2D eigenvalue weighted by Gasteiger charge is -2.26. The maximum atomic E-state index is 13.3. The van der Waals surface area contributed by atoms with Crippen LogP contribution in [-0.4, -0.2) is 29.4 Å². The summed E-state index contributed by atoms with van der Waals surface area (Å²) in [7, 11) is 1.59. The number of fused-ring (bicyclic) bond motifs is 1. The van der Waals surface area contributed by atoms with Gasteiger partial charge in [-0.25, -0.2) is 9.07 Å². The van der Waals surface area contributed by atoms with Crippen LogP contribution in [0.15, 0.2) is 48.7 Å². The minimum absolute atomic E-state index is 0.119. The molecule has 28 heavy (non-hydrogen) atoms. The number of anilines is 1. The van der Waals surface area contributed by atoms with Crippen LogP contribution in [0.5, 0.6) is 11.5 Å². The molecule has 1 aliphatic heterocycles. The van der Waals surface area contributed by atoms with Crippen LogP contribution in [0.4, 0.5) is 10.2 Å². The van der Waals surface area contributed by atoms with Crippen LogP contribution in [0.25, 0.3) is 5.69 Å². The first kappa shape index (κ1) is 18.0. The summed E-state index contributed by atoms with van der Waals surface area (Å²) in [5.74, 6) is 1.16. The minimum atomic E-state index is -0.329. The maximum absolute atomic E-state index is 13.3. The molecule has 1 atom stereocenters. The number of rotatable bonds is 5. The van der Waals surface area contributed by atoms with Crippen LogP contribution in [-0.2, 0) is 4.79 Å². The first-order valence-electron chi connectivity index (χ1n) is 9.05. The average Bonchev–Trinajstić information content (AvgIpc) is 3.12. The molecule has 1 N–H and O–H groups in total. The number of carbonyl (C=O) groups is 1. The van der Waals surface area contributed by atoms with Crippen molar-refractivity contribution in [3.05, 3.63) is 65.6 Å². The van der Waals surface area contributed by atoms with Crippen LogP contribution in [0.1, 0.15) is 30.4 Å². The van der Waals surface area contributed by atoms with Crippen LogP contribution >= 0.6 is 0 Å². The number of methoxy groups -OCH3 is 1. The van der Waals surface area contributed by atoms with Crippen LogP contribution in [0.3, 0.4) is 0 Å². The summed E-state index contributed by atoms with van der Waals surface area (Å²) in [6, 6.07) is 11.6. The molecule has 0 bridgehead atoms. The van der Waals surface area contributed by atoms with Gasteiger partial charge in [-0.15, -0.1) is 0 Å². The molecule has 0 aliphatic carbocycles. The highest BCUT2D eigenvalue weighted by Crippen LogP contribution is 2.44. The lowest BCUT2D eigenvalue weighted by atomic mass is 9.86. The van der Waals surface area contributed by atoms with E-state index in [0.717, 1.165) is 11.1 Å². The Hall–Kier alpha value is -3.35. The second-order valence-corrected chi connectivity index (χ2v) is 6.45. The van der Waals surface area contributed by atoms with Crippen LogP contribution in [0.2, 0.25) is 0 Å². The number of benzene rings is 2. The van der Waals surface area contributed by atoms with E-state index in [1.54, 1.807) is 30.1 Å². The maximum Gasteiger partial charge on any atom is 0.226 e. The van der Waals surface area contributed by atoms with E-state index in [4.69, 9.17) is 9.47 Å². The standard InChI is InChI=1S/C21H20FN3O3/c1-3-28-20-15(5-4-6-18(20)27-2)16-11-19(26)24-21-17(16)12-23-25(21)14-9-7-13(22)8-10-14/h4-10,12,16H,3,11H2,1-2H3,(H,24,26)/t16-/m1/s1. The zero-order chi connectivity index (χ0) is 19.7. The number of hydrogen-bond donors (Lipinski definition) is 1. The predicted molar refractivity (Wildman–Crippen MR) is 103 cm³/mol. The number of aromatic nitrogens is 2. The topological polar surface area (TPSA) is 65.4 Å². The van der Waals surface area contributed by atoms with Crippen molar-refractivity contribution in [3.63, 3.8) is 0 Å². The van der Waals surface area contributed by atoms with Gasteiger partial charge in [-0.1, -0.05) is 12.1 Å². The van der Waals surface area contributed by atoms with Gasteiger partial charge in [0.15, 0.2) is 11.5 Å². The number of hydrogen-bond acceptors (Lipinski definition) is 4. The highest BCUT2D eigenvalue weighted by atomic mass is 19.1.